The SMILES string of the molecule is CCCC(NC(=O)/C=C/c1c(F)cccc1Cl)C(=O)O. The molecule has 0 radical (unpaired) electrons. The van der Waals surface area contributed by atoms with Gasteiger partial charge in [0.1, 0.15) is 11.9 Å². The molecule has 0 aliphatic rings. The molecule has 0 fully saturated rings. The lowest BCUT2D eigenvalue weighted by atomic mass is 10.1. The number of aliphatic carboxylic acids is 1. The Labute approximate surface area is 121 Å². The van der Waals surface area contributed by atoms with Gasteiger partial charge in [0.25, 0.3) is 0 Å². The summed E-state index contributed by atoms with van der Waals surface area (Å²) in [6.45, 7) is 1.82. The van der Waals surface area contributed by atoms with Gasteiger partial charge in [-0.2, -0.15) is 0 Å². The van der Waals surface area contributed by atoms with E-state index < -0.39 is 23.7 Å². The van der Waals surface area contributed by atoms with Crippen molar-refractivity contribution in [3.05, 3.63) is 40.7 Å². The van der Waals surface area contributed by atoms with Gasteiger partial charge in [-0.3, -0.25) is 4.79 Å². The van der Waals surface area contributed by atoms with Crippen molar-refractivity contribution in [1.82, 2.24) is 5.32 Å². The van der Waals surface area contributed by atoms with Crippen LogP contribution in [0.25, 0.3) is 6.08 Å². The molecule has 1 unspecified atom stereocenters. The first-order chi connectivity index (χ1) is 9.45. The van der Waals surface area contributed by atoms with Gasteiger partial charge in [0.15, 0.2) is 0 Å². The van der Waals surface area contributed by atoms with E-state index in [9.17, 15) is 14.0 Å². The Kier molecular flexibility index (Phi) is 6.18. The molecule has 108 valence electrons. The number of nitrogens with one attached hydrogen (secondary N) is 1. The van der Waals surface area contributed by atoms with Crippen LogP contribution in [0.5, 0.6) is 0 Å². The highest BCUT2D eigenvalue weighted by Gasteiger charge is 2.17. The van der Waals surface area contributed by atoms with Crippen LogP contribution in [0, 0.1) is 5.82 Å². The monoisotopic (exact) mass is 299 g/mol. The van der Waals surface area contributed by atoms with Gasteiger partial charge in [-0.1, -0.05) is 31.0 Å². The van der Waals surface area contributed by atoms with Gasteiger partial charge in [0.2, 0.25) is 5.91 Å². The van der Waals surface area contributed by atoms with Gasteiger partial charge < -0.3 is 10.4 Å². The van der Waals surface area contributed by atoms with Crippen LogP contribution in [0.1, 0.15) is 25.3 Å². The minimum atomic E-state index is -1.10. The predicted molar refractivity (Wildman–Crippen MR) is 74.9 cm³/mol. The Morgan fingerprint density at radius 1 is 1.50 bits per heavy atom. The molecule has 1 rings (SSSR count). The van der Waals surface area contributed by atoms with E-state index in [0.717, 1.165) is 6.08 Å². The minimum Gasteiger partial charge on any atom is -0.480 e. The van der Waals surface area contributed by atoms with E-state index in [4.69, 9.17) is 16.7 Å². The molecule has 20 heavy (non-hydrogen) atoms. The molecule has 0 spiro atoms. The summed E-state index contributed by atoms with van der Waals surface area (Å²) in [6.07, 6.45) is 3.24. The van der Waals surface area contributed by atoms with Crippen molar-refractivity contribution in [1.29, 1.82) is 0 Å². The van der Waals surface area contributed by atoms with E-state index in [1.54, 1.807) is 0 Å². The quantitative estimate of drug-likeness (QED) is 0.794. The van der Waals surface area contributed by atoms with Crippen LogP contribution < -0.4 is 5.32 Å². The maximum absolute atomic E-state index is 13.5. The van der Waals surface area contributed by atoms with Crippen LogP contribution in [0.4, 0.5) is 4.39 Å². The second kappa shape index (κ2) is 7.65. The van der Waals surface area contributed by atoms with E-state index in [0.29, 0.717) is 12.8 Å². The standard InChI is InChI=1S/C14H15ClFNO3/c1-2-4-12(14(19)20)17-13(18)8-7-9-10(15)5-3-6-11(9)16/h3,5-8,12H,2,4H2,1H3,(H,17,18)(H,19,20)/b8-7+. The van der Waals surface area contributed by atoms with Crippen LogP contribution in [0.2, 0.25) is 5.02 Å². The number of amides is 1. The first-order valence-electron chi connectivity index (χ1n) is 6.11. The second-order valence-electron chi connectivity index (χ2n) is 4.16. The lowest BCUT2D eigenvalue weighted by Gasteiger charge is -2.11. The van der Waals surface area contributed by atoms with Crippen LogP contribution >= 0.6 is 11.6 Å². The lowest BCUT2D eigenvalue weighted by molar-refractivity contribution is -0.141. The third-order valence-electron chi connectivity index (χ3n) is 2.59. The van der Waals surface area contributed by atoms with Crippen LogP contribution in [-0.4, -0.2) is 23.0 Å². The average Bonchev–Trinajstić information content (AvgIpc) is 2.37. The molecule has 1 aromatic rings. The van der Waals surface area contributed by atoms with Crippen molar-refractivity contribution in [2.45, 2.75) is 25.8 Å². The summed E-state index contributed by atoms with van der Waals surface area (Å²) < 4.78 is 13.5. The van der Waals surface area contributed by atoms with Gasteiger partial charge in [-0.25, -0.2) is 9.18 Å². The Hall–Kier alpha value is -1.88. The molecule has 4 nitrogen and oxygen atoms in total. The highest BCUT2D eigenvalue weighted by molar-refractivity contribution is 6.32. The zero-order chi connectivity index (χ0) is 15.1. The molecule has 1 amide bonds. The molecule has 0 aliphatic carbocycles. The summed E-state index contributed by atoms with van der Waals surface area (Å²) in [5.74, 6) is -2.26. The molecular weight excluding hydrogens is 285 g/mol. The number of carbonyl (C=O) groups is 2. The van der Waals surface area contributed by atoms with Crippen LogP contribution in [0.15, 0.2) is 24.3 Å². The maximum Gasteiger partial charge on any atom is 0.326 e. The van der Waals surface area contributed by atoms with Crippen molar-refractivity contribution in [2.75, 3.05) is 0 Å². The number of benzene rings is 1. The van der Waals surface area contributed by atoms with Crippen molar-refractivity contribution >= 4 is 29.6 Å². The Bertz CT molecular complexity index is 511. The number of halogens is 2. The average molecular weight is 300 g/mol. The fraction of sp³-hybridized carbons (Fsp3) is 0.286. The Balaban J connectivity index is 2.75. The van der Waals surface area contributed by atoms with Gasteiger partial charge in [0, 0.05) is 11.6 Å². The van der Waals surface area contributed by atoms with E-state index in [1.165, 1.54) is 24.3 Å². The summed E-state index contributed by atoms with van der Waals surface area (Å²) in [5.41, 5.74) is 0.0895. The molecule has 0 saturated carbocycles. The minimum absolute atomic E-state index is 0.0895. The number of carboxylic acids is 1. The smallest absolute Gasteiger partial charge is 0.326 e. The molecule has 0 aromatic heterocycles. The topological polar surface area (TPSA) is 66.4 Å². The third-order valence-corrected chi connectivity index (χ3v) is 2.92. The summed E-state index contributed by atoms with van der Waals surface area (Å²) >= 11 is 5.80. The van der Waals surface area contributed by atoms with Crippen molar-refractivity contribution in [3.63, 3.8) is 0 Å². The molecule has 0 saturated heterocycles. The number of hydrogen-bond acceptors (Lipinski definition) is 2. The summed E-state index contributed by atoms with van der Waals surface area (Å²) in [5, 5.41) is 11.4. The summed E-state index contributed by atoms with van der Waals surface area (Å²) in [4.78, 5) is 22.5. The number of carbonyl (C=O) groups excluding carboxylic acids is 1. The zero-order valence-corrected chi connectivity index (χ0v) is 11.7. The first kappa shape index (κ1) is 16.2. The zero-order valence-electron chi connectivity index (χ0n) is 10.9. The molecule has 1 atom stereocenters. The van der Waals surface area contributed by atoms with Gasteiger partial charge in [0.05, 0.1) is 5.02 Å². The van der Waals surface area contributed by atoms with Crippen molar-refractivity contribution in [3.8, 4) is 0 Å². The number of carboxylic acid groups (broad SMARTS) is 1. The molecule has 0 aliphatic heterocycles. The molecule has 2 N–H and O–H groups in total. The van der Waals surface area contributed by atoms with Crippen molar-refractivity contribution in [2.24, 2.45) is 0 Å². The van der Waals surface area contributed by atoms with Gasteiger partial charge in [-0.15, -0.1) is 0 Å². The molecule has 6 heteroatoms. The molecule has 1 aromatic carbocycles. The second-order valence-corrected chi connectivity index (χ2v) is 4.56. The predicted octanol–water partition coefficient (Wildman–Crippen LogP) is 2.86. The van der Waals surface area contributed by atoms with Crippen LogP contribution in [0.3, 0.4) is 0 Å². The van der Waals surface area contributed by atoms with Gasteiger partial charge in [-0.05, 0) is 24.6 Å². The van der Waals surface area contributed by atoms with E-state index in [1.807, 2.05) is 6.92 Å². The summed E-state index contributed by atoms with van der Waals surface area (Å²) in [7, 11) is 0. The van der Waals surface area contributed by atoms with Crippen molar-refractivity contribution < 1.29 is 19.1 Å². The van der Waals surface area contributed by atoms with Crippen LogP contribution in [-0.2, 0) is 9.59 Å². The van der Waals surface area contributed by atoms with E-state index in [2.05, 4.69) is 5.32 Å². The van der Waals surface area contributed by atoms with E-state index in [-0.39, 0.29) is 10.6 Å². The lowest BCUT2D eigenvalue weighted by Crippen LogP contribution is -2.39. The Morgan fingerprint density at radius 2 is 2.20 bits per heavy atom. The fourth-order valence-corrected chi connectivity index (χ4v) is 1.82. The first-order valence-corrected chi connectivity index (χ1v) is 6.49. The fourth-order valence-electron chi connectivity index (χ4n) is 1.59. The highest BCUT2D eigenvalue weighted by Crippen LogP contribution is 2.20. The maximum atomic E-state index is 13.5. The number of rotatable bonds is 6. The normalized spacial score (nSPS) is 12.3. The van der Waals surface area contributed by atoms with Gasteiger partial charge >= 0.3 is 5.97 Å². The molecule has 0 bridgehead atoms. The molecule has 0 heterocycles. The molecular formula is C14H15ClFNO3. The largest absolute Gasteiger partial charge is 0.480 e. The number of hydrogen-bond donors (Lipinski definition) is 2. The Morgan fingerprint density at radius 3 is 2.75 bits per heavy atom. The van der Waals surface area contributed by atoms with E-state index >= 15 is 0 Å². The summed E-state index contributed by atoms with van der Waals surface area (Å²) in [6, 6.07) is 3.23. The third kappa shape index (κ3) is 4.66. The highest BCUT2D eigenvalue weighted by atomic mass is 35.5.